The van der Waals surface area contributed by atoms with Gasteiger partial charge in [0.25, 0.3) is 0 Å². The molecule has 13 heavy (non-hydrogen) atoms. The molecule has 0 saturated carbocycles. The number of hydrogen-bond donors (Lipinski definition) is 0. The van der Waals surface area contributed by atoms with Crippen LogP contribution in [0.15, 0.2) is 0 Å². The summed E-state index contributed by atoms with van der Waals surface area (Å²) in [6, 6.07) is 0. The summed E-state index contributed by atoms with van der Waals surface area (Å²) in [5, 5.41) is -4.91. The van der Waals surface area contributed by atoms with Crippen LogP contribution in [0.2, 0.25) is 0 Å². The minimum absolute atomic E-state index is 1.20. The van der Waals surface area contributed by atoms with Gasteiger partial charge in [0, 0.05) is 0 Å². The second-order valence-corrected chi connectivity index (χ2v) is 3.68. The van der Waals surface area contributed by atoms with Crippen LogP contribution in [-0.4, -0.2) is 29.0 Å². The molecular formula is C5H3F7S. The van der Waals surface area contributed by atoms with Crippen molar-refractivity contribution in [1.82, 2.24) is 0 Å². The van der Waals surface area contributed by atoms with Crippen LogP contribution in [0.1, 0.15) is 0 Å². The smallest absolute Gasteiger partial charge is 0.247 e. The van der Waals surface area contributed by atoms with Gasteiger partial charge in [-0.05, 0) is 11.8 Å². The lowest BCUT2D eigenvalue weighted by atomic mass is 10.0. The van der Waals surface area contributed by atoms with Crippen LogP contribution in [0.5, 0.6) is 0 Å². The Kier molecular flexibility index (Phi) is 2.25. The number of halogens is 7. The Morgan fingerprint density at radius 3 is 1.69 bits per heavy atom. The van der Waals surface area contributed by atoms with E-state index in [1.54, 1.807) is 0 Å². The van der Waals surface area contributed by atoms with Gasteiger partial charge in [0.2, 0.25) is 5.67 Å². The highest BCUT2D eigenvalue weighted by atomic mass is 32.2. The highest BCUT2D eigenvalue weighted by molar-refractivity contribution is 8.01. The Balaban J connectivity index is 3.13. The first kappa shape index (κ1) is 10.9. The molecule has 0 aromatic rings. The second-order valence-electron chi connectivity index (χ2n) is 2.52. The molecule has 0 amide bonds. The van der Waals surface area contributed by atoms with Crippen molar-refractivity contribution < 1.29 is 30.7 Å². The normalized spacial score (nSPS) is 42.2. The molecule has 0 aromatic carbocycles. The van der Waals surface area contributed by atoms with E-state index in [-0.39, 0.29) is 0 Å². The van der Waals surface area contributed by atoms with Gasteiger partial charge in [0.15, 0.2) is 5.50 Å². The molecule has 0 nitrogen and oxygen atoms in total. The predicted molar refractivity (Wildman–Crippen MR) is 32.2 cm³/mol. The standard InChI is InChI=1S/C5H3F7S/c6-1-3(8)2(7)13-5(11,12)4(3,9)10/h2H,1H2. The Morgan fingerprint density at radius 2 is 1.54 bits per heavy atom. The van der Waals surface area contributed by atoms with Crippen molar-refractivity contribution in [2.24, 2.45) is 0 Å². The summed E-state index contributed by atoms with van der Waals surface area (Å²) in [5.41, 5.74) is -7.69. The molecule has 1 aliphatic rings. The molecule has 0 spiro atoms. The average molecular weight is 228 g/mol. The van der Waals surface area contributed by atoms with Crippen LogP contribution >= 0.6 is 11.8 Å². The predicted octanol–water partition coefficient (Wildman–Crippen LogP) is 2.93. The van der Waals surface area contributed by atoms with Gasteiger partial charge >= 0.3 is 11.2 Å². The molecule has 0 bridgehead atoms. The summed E-state index contributed by atoms with van der Waals surface area (Å²) >= 11 is -1.20. The molecule has 8 heteroatoms. The number of rotatable bonds is 1. The first-order valence-electron chi connectivity index (χ1n) is 3.01. The fourth-order valence-corrected chi connectivity index (χ4v) is 1.80. The molecule has 0 N–H and O–H groups in total. The largest absolute Gasteiger partial charge is 0.362 e. The van der Waals surface area contributed by atoms with Crippen molar-refractivity contribution in [1.29, 1.82) is 0 Å². The summed E-state index contributed by atoms with van der Waals surface area (Å²) in [6.07, 6.45) is 0. The molecule has 0 aliphatic carbocycles. The van der Waals surface area contributed by atoms with E-state index in [0.717, 1.165) is 0 Å². The molecular weight excluding hydrogens is 225 g/mol. The third-order valence-electron chi connectivity index (χ3n) is 1.69. The molecule has 2 atom stereocenters. The molecule has 1 heterocycles. The van der Waals surface area contributed by atoms with Crippen LogP contribution in [-0.2, 0) is 0 Å². The molecule has 0 radical (unpaired) electrons. The summed E-state index contributed by atoms with van der Waals surface area (Å²) in [5.74, 6) is -5.32. The minimum atomic E-state index is -5.32. The van der Waals surface area contributed by atoms with Crippen LogP contribution in [0.3, 0.4) is 0 Å². The van der Waals surface area contributed by atoms with Gasteiger partial charge < -0.3 is 0 Å². The third kappa shape index (κ3) is 1.14. The second kappa shape index (κ2) is 2.68. The van der Waals surface area contributed by atoms with E-state index in [2.05, 4.69) is 0 Å². The van der Waals surface area contributed by atoms with Gasteiger partial charge in [0.05, 0.1) is 0 Å². The fraction of sp³-hybridized carbons (Fsp3) is 1.00. The Hall–Kier alpha value is -0.140. The van der Waals surface area contributed by atoms with Gasteiger partial charge in [-0.3, -0.25) is 0 Å². The molecule has 0 aromatic heterocycles. The molecule has 2 unspecified atom stereocenters. The van der Waals surface area contributed by atoms with E-state index in [1.165, 1.54) is 0 Å². The van der Waals surface area contributed by atoms with Gasteiger partial charge in [-0.25, -0.2) is 13.2 Å². The summed E-state index contributed by atoms with van der Waals surface area (Å²) in [4.78, 5) is 0. The maximum absolute atomic E-state index is 12.7. The maximum Gasteiger partial charge on any atom is 0.362 e. The molecule has 78 valence electrons. The van der Waals surface area contributed by atoms with E-state index in [0.29, 0.717) is 0 Å². The number of hydrogen-bond acceptors (Lipinski definition) is 1. The first-order chi connectivity index (χ1) is 5.69. The van der Waals surface area contributed by atoms with Gasteiger partial charge in [-0.2, -0.15) is 17.6 Å². The van der Waals surface area contributed by atoms with E-state index in [1.807, 2.05) is 0 Å². The summed E-state index contributed by atoms with van der Waals surface area (Å²) < 4.78 is 86.0. The van der Waals surface area contributed by atoms with Crippen LogP contribution in [0.4, 0.5) is 30.7 Å². The fourth-order valence-electron chi connectivity index (χ4n) is 0.826. The summed E-state index contributed by atoms with van der Waals surface area (Å²) in [6.45, 7) is -2.48. The maximum atomic E-state index is 12.7. The van der Waals surface area contributed by atoms with Gasteiger partial charge in [-0.15, -0.1) is 0 Å². The monoisotopic (exact) mass is 228 g/mol. The third-order valence-corrected chi connectivity index (χ3v) is 2.83. The van der Waals surface area contributed by atoms with E-state index >= 15 is 0 Å². The van der Waals surface area contributed by atoms with Crippen molar-refractivity contribution in [3.05, 3.63) is 0 Å². The lowest BCUT2D eigenvalue weighted by Crippen LogP contribution is -2.52. The average Bonchev–Trinajstić information content (AvgIpc) is 2.10. The molecule has 1 aliphatic heterocycles. The lowest BCUT2D eigenvalue weighted by Gasteiger charge is -2.25. The van der Waals surface area contributed by atoms with Crippen molar-refractivity contribution in [3.63, 3.8) is 0 Å². The van der Waals surface area contributed by atoms with Gasteiger partial charge in [0.1, 0.15) is 6.67 Å². The minimum Gasteiger partial charge on any atom is -0.247 e. The molecule has 1 rings (SSSR count). The Labute approximate surface area is 72.5 Å². The van der Waals surface area contributed by atoms with Crippen LogP contribution in [0.25, 0.3) is 0 Å². The Morgan fingerprint density at radius 1 is 1.08 bits per heavy atom. The number of alkyl halides is 7. The van der Waals surface area contributed by atoms with Crippen molar-refractivity contribution in [2.45, 2.75) is 22.3 Å². The van der Waals surface area contributed by atoms with E-state index in [4.69, 9.17) is 0 Å². The lowest BCUT2D eigenvalue weighted by molar-refractivity contribution is -0.227. The highest BCUT2D eigenvalue weighted by Crippen LogP contribution is 2.62. The zero-order chi connectivity index (χ0) is 10.5. The summed E-state index contributed by atoms with van der Waals surface area (Å²) in [7, 11) is 0. The quantitative estimate of drug-likeness (QED) is 0.622. The molecule has 1 fully saturated rings. The highest BCUT2D eigenvalue weighted by Gasteiger charge is 2.81. The topological polar surface area (TPSA) is 0 Å². The van der Waals surface area contributed by atoms with E-state index in [9.17, 15) is 30.7 Å². The van der Waals surface area contributed by atoms with Crippen molar-refractivity contribution >= 4 is 11.8 Å². The van der Waals surface area contributed by atoms with E-state index < -0.39 is 40.8 Å². The molecule has 1 saturated heterocycles. The van der Waals surface area contributed by atoms with Crippen molar-refractivity contribution in [2.75, 3.05) is 6.67 Å². The van der Waals surface area contributed by atoms with Gasteiger partial charge in [-0.1, -0.05) is 0 Å². The van der Waals surface area contributed by atoms with Crippen LogP contribution in [0, 0.1) is 0 Å². The Bertz CT molecular complexity index is 214. The first-order valence-corrected chi connectivity index (χ1v) is 3.89. The SMILES string of the molecule is FCC1(F)C(F)SC(F)(F)C1(F)F. The zero-order valence-corrected chi connectivity index (χ0v) is 6.65. The van der Waals surface area contributed by atoms with Crippen molar-refractivity contribution in [3.8, 4) is 0 Å². The zero-order valence-electron chi connectivity index (χ0n) is 5.84. The number of thioether (sulfide) groups is 1. The van der Waals surface area contributed by atoms with Crippen LogP contribution < -0.4 is 0 Å².